The van der Waals surface area contributed by atoms with Crippen molar-refractivity contribution in [3.63, 3.8) is 0 Å². The van der Waals surface area contributed by atoms with Crippen LogP contribution in [0.1, 0.15) is 0 Å². The van der Waals surface area contributed by atoms with E-state index in [1.54, 1.807) is 6.26 Å². The molecule has 0 fully saturated rings. The molecule has 0 bridgehead atoms. The molecule has 0 N–H and O–H groups in total. The molecule has 2 aromatic rings. The Balaban J connectivity index is 2.39. The van der Waals surface area contributed by atoms with Crippen molar-refractivity contribution in [1.29, 1.82) is 0 Å². The number of aromatic nitrogens is 1. The first-order valence-electron chi connectivity index (χ1n) is 4.12. The largest absolute Gasteiger partial charge is 0.438 e. The van der Waals surface area contributed by atoms with Crippen LogP contribution in [0.15, 0.2) is 46.2 Å². The molecule has 14 heavy (non-hydrogen) atoms. The van der Waals surface area contributed by atoms with E-state index in [1.807, 2.05) is 30.3 Å². The van der Waals surface area contributed by atoms with Gasteiger partial charge in [-0.05, 0) is 0 Å². The summed E-state index contributed by atoms with van der Waals surface area (Å²) in [4.78, 5) is 4.11. The molecule has 0 saturated carbocycles. The van der Waals surface area contributed by atoms with E-state index in [0.717, 1.165) is 11.3 Å². The molecule has 0 radical (unpaired) electrons. The molecule has 2 rings (SSSR count). The van der Waals surface area contributed by atoms with Gasteiger partial charge in [0.25, 0.3) is 5.22 Å². The topological polar surface area (TPSA) is 43.1 Å². The Morgan fingerprint density at radius 3 is 2.57 bits per heavy atom. The van der Waals surface area contributed by atoms with Gasteiger partial charge in [0, 0.05) is 11.8 Å². The summed E-state index contributed by atoms with van der Waals surface area (Å²) in [6.45, 7) is 0. The Labute approximate surface area is 84.2 Å². The average molecular weight is 207 g/mol. The fraction of sp³-hybridized carbons (Fsp3) is 0.100. The Bertz CT molecular complexity index is 450. The molecule has 0 aliphatic heterocycles. The fourth-order valence-electron chi connectivity index (χ4n) is 1.13. The van der Waals surface area contributed by atoms with Crippen LogP contribution >= 0.6 is 0 Å². The molecule has 72 valence electrons. The first kappa shape index (κ1) is 9.15. The highest BCUT2D eigenvalue weighted by Crippen LogP contribution is 2.18. The van der Waals surface area contributed by atoms with Crippen LogP contribution in [0.3, 0.4) is 0 Å². The molecule has 1 unspecified atom stereocenters. The summed E-state index contributed by atoms with van der Waals surface area (Å²) in [5.74, 6) is 0. The molecule has 0 aliphatic carbocycles. The van der Waals surface area contributed by atoms with Crippen molar-refractivity contribution in [3.05, 3.63) is 36.6 Å². The van der Waals surface area contributed by atoms with Gasteiger partial charge in [-0.3, -0.25) is 0 Å². The summed E-state index contributed by atoms with van der Waals surface area (Å²) in [7, 11) is -1.16. The standard InChI is InChI=1S/C10H9NO2S/c1-14(12)10-11-9(7-13-10)8-5-3-2-4-6-8/h2-7H,1H3. The molecular formula is C10H9NO2S. The van der Waals surface area contributed by atoms with E-state index < -0.39 is 10.8 Å². The SMILES string of the molecule is CS(=O)c1nc(-c2ccccc2)co1. The molecular weight excluding hydrogens is 198 g/mol. The van der Waals surface area contributed by atoms with E-state index in [0.29, 0.717) is 0 Å². The lowest BCUT2D eigenvalue weighted by Crippen LogP contribution is -1.86. The Hall–Kier alpha value is -1.42. The van der Waals surface area contributed by atoms with Crippen LogP contribution in [0.5, 0.6) is 0 Å². The van der Waals surface area contributed by atoms with Gasteiger partial charge in [-0.2, -0.15) is 0 Å². The second-order valence-corrected chi connectivity index (χ2v) is 4.08. The fourth-order valence-corrected chi connectivity index (χ4v) is 1.54. The molecule has 4 heteroatoms. The number of nitrogens with zero attached hydrogens (tertiary/aromatic N) is 1. The summed E-state index contributed by atoms with van der Waals surface area (Å²) in [6.07, 6.45) is 3.06. The van der Waals surface area contributed by atoms with Crippen molar-refractivity contribution in [3.8, 4) is 11.3 Å². The van der Waals surface area contributed by atoms with Crippen molar-refractivity contribution in [1.82, 2.24) is 4.98 Å². The van der Waals surface area contributed by atoms with E-state index >= 15 is 0 Å². The zero-order valence-electron chi connectivity index (χ0n) is 7.64. The van der Waals surface area contributed by atoms with Crippen molar-refractivity contribution in [2.45, 2.75) is 5.22 Å². The summed E-state index contributed by atoms with van der Waals surface area (Å²) in [6, 6.07) is 9.64. The van der Waals surface area contributed by atoms with Gasteiger partial charge in [0.05, 0.1) is 0 Å². The van der Waals surface area contributed by atoms with Crippen molar-refractivity contribution < 1.29 is 8.63 Å². The first-order valence-corrected chi connectivity index (χ1v) is 5.67. The predicted octanol–water partition coefficient (Wildman–Crippen LogP) is 2.08. The predicted molar refractivity (Wildman–Crippen MR) is 54.3 cm³/mol. The molecule has 0 aliphatic rings. The van der Waals surface area contributed by atoms with Crippen LogP contribution in [0.4, 0.5) is 0 Å². The highest BCUT2D eigenvalue weighted by atomic mass is 32.2. The third-order valence-electron chi connectivity index (χ3n) is 1.80. The molecule has 0 spiro atoms. The lowest BCUT2D eigenvalue weighted by molar-refractivity contribution is 0.446. The normalized spacial score (nSPS) is 12.6. The summed E-state index contributed by atoms with van der Waals surface area (Å²) < 4.78 is 16.1. The molecule has 1 aromatic carbocycles. The molecule has 1 aromatic heterocycles. The van der Waals surface area contributed by atoms with Gasteiger partial charge < -0.3 is 4.42 Å². The number of hydrogen-bond acceptors (Lipinski definition) is 3. The number of hydrogen-bond donors (Lipinski definition) is 0. The quantitative estimate of drug-likeness (QED) is 0.757. The van der Waals surface area contributed by atoms with Gasteiger partial charge >= 0.3 is 0 Å². The second kappa shape index (κ2) is 3.75. The van der Waals surface area contributed by atoms with Gasteiger partial charge in [0.15, 0.2) is 0 Å². The minimum absolute atomic E-state index is 0.267. The lowest BCUT2D eigenvalue weighted by atomic mass is 10.2. The van der Waals surface area contributed by atoms with Crippen LogP contribution in [-0.2, 0) is 10.8 Å². The van der Waals surface area contributed by atoms with E-state index in [4.69, 9.17) is 4.42 Å². The maximum atomic E-state index is 11.0. The van der Waals surface area contributed by atoms with Crippen molar-refractivity contribution in [2.75, 3.05) is 6.26 Å². The van der Waals surface area contributed by atoms with Gasteiger partial charge in [-0.25, -0.2) is 9.19 Å². The summed E-state index contributed by atoms with van der Waals surface area (Å²) in [5, 5.41) is 0.267. The van der Waals surface area contributed by atoms with Crippen LogP contribution < -0.4 is 0 Å². The number of rotatable bonds is 2. The van der Waals surface area contributed by atoms with Gasteiger partial charge in [-0.1, -0.05) is 30.3 Å². The van der Waals surface area contributed by atoms with E-state index in [9.17, 15) is 4.21 Å². The number of oxazole rings is 1. The third kappa shape index (κ3) is 1.75. The van der Waals surface area contributed by atoms with Crippen LogP contribution in [0, 0.1) is 0 Å². The van der Waals surface area contributed by atoms with Crippen molar-refractivity contribution >= 4 is 10.8 Å². The third-order valence-corrected chi connectivity index (χ3v) is 2.48. The Morgan fingerprint density at radius 1 is 1.29 bits per heavy atom. The molecule has 1 heterocycles. The highest BCUT2D eigenvalue weighted by molar-refractivity contribution is 7.84. The smallest absolute Gasteiger partial charge is 0.287 e. The average Bonchev–Trinajstić information content (AvgIpc) is 2.68. The van der Waals surface area contributed by atoms with Gasteiger partial charge in [0.2, 0.25) is 0 Å². The molecule has 1 atom stereocenters. The Kier molecular flexibility index (Phi) is 2.45. The molecule has 3 nitrogen and oxygen atoms in total. The van der Waals surface area contributed by atoms with Crippen LogP contribution in [0.25, 0.3) is 11.3 Å². The second-order valence-electron chi connectivity index (χ2n) is 2.82. The first-order chi connectivity index (χ1) is 6.77. The zero-order chi connectivity index (χ0) is 9.97. The number of benzene rings is 1. The molecule has 0 amide bonds. The monoisotopic (exact) mass is 207 g/mol. The minimum Gasteiger partial charge on any atom is -0.438 e. The Morgan fingerprint density at radius 2 is 2.00 bits per heavy atom. The maximum absolute atomic E-state index is 11.0. The van der Waals surface area contributed by atoms with Gasteiger partial charge in [-0.15, -0.1) is 0 Å². The van der Waals surface area contributed by atoms with E-state index in [1.165, 1.54) is 6.26 Å². The van der Waals surface area contributed by atoms with Crippen LogP contribution in [-0.4, -0.2) is 15.4 Å². The lowest BCUT2D eigenvalue weighted by Gasteiger charge is -1.91. The van der Waals surface area contributed by atoms with Crippen molar-refractivity contribution in [2.24, 2.45) is 0 Å². The van der Waals surface area contributed by atoms with E-state index in [2.05, 4.69) is 4.98 Å². The zero-order valence-corrected chi connectivity index (χ0v) is 8.45. The maximum Gasteiger partial charge on any atom is 0.287 e. The molecule has 0 saturated heterocycles. The van der Waals surface area contributed by atoms with Crippen LogP contribution in [0.2, 0.25) is 0 Å². The summed E-state index contributed by atoms with van der Waals surface area (Å²) >= 11 is 0. The summed E-state index contributed by atoms with van der Waals surface area (Å²) in [5.41, 5.74) is 1.68. The van der Waals surface area contributed by atoms with Gasteiger partial charge in [0.1, 0.15) is 22.8 Å². The minimum atomic E-state index is -1.16. The highest BCUT2D eigenvalue weighted by Gasteiger charge is 2.07. The van der Waals surface area contributed by atoms with E-state index in [-0.39, 0.29) is 5.22 Å².